The van der Waals surface area contributed by atoms with E-state index in [0.717, 1.165) is 6.42 Å². The molecule has 7 nitrogen and oxygen atoms in total. The maximum Gasteiger partial charge on any atom is 0.323 e. The molecule has 2 rings (SSSR count). The van der Waals surface area contributed by atoms with E-state index < -0.39 is 11.4 Å². The number of aromatic nitrogens is 2. The molecule has 0 aliphatic carbocycles. The van der Waals surface area contributed by atoms with Gasteiger partial charge in [-0.05, 0) is 19.3 Å². The molecule has 0 saturated carbocycles. The summed E-state index contributed by atoms with van der Waals surface area (Å²) in [6.07, 6.45) is 2.71. The molecule has 0 spiro atoms. The number of piperidine rings is 1. The molecule has 2 heterocycles. The number of amides is 2. The van der Waals surface area contributed by atoms with Crippen molar-refractivity contribution in [2.24, 2.45) is 5.41 Å². The summed E-state index contributed by atoms with van der Waals surface area (Å²) in [5.41, 5.74) is 0.718. The third kappa shape index (κ3) is 3.06. The number of carboxylic acid groups (broad SMARTS) is 1. The van der Waals surface area contributed by atoms with Crippen LogP contribution in [-0.2, 0) is 4.79 Å². The van der Waals surface area contributed by atoms with Crippen LogP contribution in [0.25, 0.3) is 0 Å². The van der Waals surface area contributed by atoms with Gasteiger partial charge in [-0.1, -0.05) is 24.7 Å². The Labute approximate surface area is 121 Å². The van der Waals surface area contributed by atoms with Gasteiger partial charge >= 0.3 is 12.0 Å². The molecule has 2 amide bonds. The van der Waals surface area contributed by atoms with E-state index in [9.17, 15) is 14.7 Å². The molecule has 1 saturated heterocycles. The number of aliphatic carboxylic acids is 1. The smallest absolute Gasteiger partial charge is 0.323 e. The SMILES string of the molecule is CCCC1(C(=O)O)CCCN(C(=O)Nc2nncs2)C1. The number of rotatable bonds is 4. The summed E-state index contributed by atoms with van der Waals surface area (Å²) >= 11 is 1.23. The maximum atomic E-state index is 12.1. The molecule has 1 unspecified atom stereocenters. The Bertz CT molecular complexity index is 475. The Kier molecular flexibility index (Phi) is 4.53. The molecule has 1 aromatic rings. The lowest BCUT2D eigenvalue weighted by Crippen LogP contribution is -2.51. The lowest BCUT2D eigenvalue weighted by atomic mass is 9.76. The summed E-state index contributed by atoms with van der Waals surface area (Å²) in [6, 6.07) is -0.303. The van der Waals surface area contributed by atoms with Crippen molar-refractivity contribution in [1.29, 1.82) is 0 Å². The minimum Gasteiger partial charge on any atom is -0.481 e. The van der Waals surface area contributed by atoms with Crippen molar-refractivity contribution >= 4 is 28.5 Å². The average molecular weight is 298 g/mol. The van der Waals surface area contributed by atoms with Crippen molar-refractivity contribution in [1.82, 2.24) is 15.1 Å². The predicted octanol–water partition coefficient (Wildman–Crippen LogP) is 2.04. The highest BCUT2D eigenvalue weighted by atomic mass is 32.1. The molecule has 1 fully saturated rings. The van der Waals surface area contributed by atoms with Gasteiger partial charge in [0.05, 0.1) is 5.41 Å². The van der Waals surface area contributed by atoms with Crippen LogP contribution in [0.3, 0.4) is 0 Å². The Morgan fingerprint density at radius 3 is 3.00 bits per heavy atom. The summed E-state index contributed by atoms with van der Waals surface area (Å²) in [5, 5.41) is 20.0. The number of hydrogen-bond donors (Lipinski definition) is 2. The lowest BCUT2D eigenvalue weighted by molar-refractivity contribution is -0.152. The minimum atomic E-state index is -0.814. The zero-order valence-electron chi connectivity index (χ0n) is 11.3. The topological polar surface area (TPSA) is 95.4 Å². The quantitative estimate of drug-likeness (QED) is 0.886. The fourth-order valence-electron chi connectivity index (χ4n) is 2.67. The molecule has 110 valence electrons. The van der Waals surface area contributed by atoms with E-state index in [1.807, 2.05) is 6.92 Å². The summed E-state index contributed by atoms with van der Waals surface area (Å²) in [6.45, 7) is 2.79. The fourth-order valence-corrected chi connectivity index (χ4v) is 3.10. The van der Waals surface area contributed by atoms with Gasteiger partial charge in [0.2, 0.25) is 5.13 Å². The summed E-state index contributed by atoms with van der Waals surface area (Å²) < 4.78 is 0. The van der Waals surface area contributed by atoms with Gasteiger partial charge < -0.3 is 10.0 Å². The van der Waals surface area contributed by atoms with Crippen molar-refractivity contribution in [3.05, 3.63) is 5.51 Å². The first-order chi connectivity index (χ1) is 9.57. The van der Waals surface area contributed by atoms with Gasteiger partial charge in [0, 0.05) is 13.1 Å². The molecule has 20 heavy (non-hydrogen) atoms. The summed E-state index contributed by atoms with van der Waals surface area (Å²) in [5.74, 6) is -0.812. The summed E-state index contributed by atoms with van der Waals surface area (Å²) in [7, 11) is 0. The summed E-state index contributed by atoms with van der Waals surface area (Å²) in [4.78, 5) is 25.3. The van der Waals surface area contributed by atoms with E-state index in [1.54, 1.807) is 4.90 Å². The van der Waals surface area contributed by atoms with Gasteiger partial charge in [0.1, 0.15) is 5.51 Å². The fraction of sp³-hybridized carbons (Fsp3) is 0.667. The van der Waals surface area contributed by atoms with Gasteiger partial charge in [-0.3, -0.25) is 10.1 Å². The van der Waals surface area contributed by atoms with Crippen molar-refractivity contribution in [2.45, 2.75) is 32.6 Å². The number of carboxylic acids is 1. The van der Waals surface area contributed by atoms with Crippen LogP contribution in [0.1, 0.15) is 32.6 Å². The van der Waals surface area contributed by atoms with Crippen LogP contribution in [0.4, 0.5) is 9.93 Å². The standard InChI is InChI=1S/C12H18N4O3S/c1-2-4-12(9(17)18)5-3-6-16(7-12)11(19)14-10-15-13-8-20-10/h8H,2-7H2,1H3,(H,17,18)(H,14,15,19). The molecule has 2 N–H and O–H groups in total. The first kappa shape index (κ1) is 14.7. The van der Waals surface area contributed by atoms with E-state index in [0.29, 0.717) is 30.9 Å². The molecule has 8 heteroatoms. The van der Waals surface area contributed by atoms with E-state index >= 15 is 0 Å². The van der Waals surface area contributed by atoms with Crippen LogP contribution in [0.15, 0.2) is 5.51 Å². The van der Waals surface area contributed by atoms with Gasteiger partial charge in [-0.15, -0.1) is 10.2 Å². The number of carbonyl (C=O) groups excluding carboxylic acids is 1. The van der Waals surface area contributed by atoms with Crippen molar-refractivity contribution in [2.75, 3.05) is 18.4 Å². The molecular weight excluding hydrogens is 280 g/mol. The Balaban J connectivity index is 2.05. The maximum absolute atomic E-state index is 12.1. The highest BCUT2D eigenvalue weighted by Crippen LogP contribution is 2.35. The number of likely N-dealkylation sites (tertiary alicyclic amines) is 1. The van der Waals surface area contributed by atoms with Crippen molar-refractivity contribution < 1.29 is 14.7 Å². The van der Waals surface area contributed by atoms with Gasteiger partial charge in [0.25, 0.3) is 0 Å². The minimum absolute atomic E-state index is 0.251. The molecular formula is C12H18N4O3S. The van der Waals surface area contributed by atoms with Crippen LogP contribution in [0.2, 0.25) is 0 Å². The van der Waals surface area contributed by atoms with Gasteiger partial charge in [-0.25, -0.2) is 4.79 Å². The van der Waals surface area contributed by atoms with Crippen molar-refractivity contribution in [3.63, 3.8) is 0 Å². The number of urea groups is 1. The van der Waals surface area contributed by atoms with E-state index in [1.165, 1.54) is 16.8 Å². The Hall–Kier alpha value is -1.70. The third-order valence-corrected chi connectivity index (χ3v) is 4.23. The first-order valence-corrected chi connectivity index (χ1v) is 7.51. The number of nitrogens with zero attached hydrogens (tertiary/aromatic N) is 3. The van der Waals surface area contributed by atoms with Gasteiger partial charge in [0.15, 0.2) is 0 Å². The Morgan fingerprint density at radius 1 is 1.60 bits per heavy atom. The zero-order chi connectivity index (χ0) is 14.6. The van der Waals surface area contributed by atoms with Crippen LogP contribution in [0, 0.1) is 5.41 Å². The largest absolute Gasteiger partial charge is 0.481 e. The third-order valence-electron chi connectivity index (χ3n) is 3.62. The second-order valence-corrected chi connectivity index (χ2v) is 5.87. The molecule has 0 radical (unpaired) electrons. The zero-order valence-corrected chi connectivity index (χ0v) is 12.2. The van der Waals surface area contributed by atoms with E-state index in [-0.39, 0.29) is 12.6 Å². The van der Waals surface area contributed by atoms with Crippen LogP contribution < -0.4 is 5.32 Å². The Morgan fingerprint density at radius 2 is 2.40 bits per heavy atom. The first-order valence-electron chi connectivity index (χ1n) is 6.63. The van der Waals surface area contributed by atoms with Crippen molar-refractivity contribution in [3.8, 4) is 0 Å². The highest BCUT2D eigenvalue weighted by molar-refractivity contribution is 7.13. The molecule has 0 bridgehead atoms. The number of hydrogen-bond acceptors (Lipinski definition) is 5. The second-order valence-electron chi connectivity index (χ2n) is 5.03. The molecule has 1 aromatic heterocycles. The lowest BCUT2D eigenvalue weighted by Gasteiger charge is -2.39. The van der Waals surface area contributed by atoms with Gasteiger partial charge in [-0.2, -0.15) is 0 Å². The molecule has 0 aromatic carbocycles. The van der Waals surface area contributed by atoms with Crippen LogP contribution >= 0.6 is 11.3 Å². The molecule has 1 atom stereocenters. The monoisotopic (exact) mass is 298 g/mol. The second kappa shape index (κ2) is 6.17. The van der Waals surface area contributed by atoms with Crippen LogP contribution in [-0.4, -0.2) is 45.3 Å². The number of carbonyl (C=O) groups is 2. The number of anilines is 1. The van der Waals surface area contributed by atoms with E-state index in [2.05, 4.69) is 15.5 Å². The predicted molar refractivity (Wildman–Crippen MR) is 74.7 cm³/mol. The van der Waals surface area contributed by atoms with E-state index in [4.69, 9.17) is 0 Å². The highest BCUT2D eigenvalue weighted by Gasteiger charge is 2.42. The number of nitrogens with one attached hydrogen (secondary N) is 1. The normalized spacial score (nSPS) is 22.6. The molecule has 1 aliphatic heterocycles. The van der Waals surface area contributed by atoms with Crippen LogP contribution in [0.5, 0.6) is 0 Å². The molecule has 1 aliphatic rings. The average Bonchev–Trinajstić information content (AvgIpc) is 2.92.